The van der Waals surface area contributed by atoms with Crippen LogP contribution in [-0.4, -0.2) is 51.3 Å². The van der Waals surface area contributed by atoms with Gasteiger partial charge in [-0.15, -0.1) is 0 Å². The van der Waals surface area contributed by atoms with Crippen molar-refractivity contribution < 1.29 is 4.74 Å². The van der Waals surface area contributed by atoms with Crippen LogP contribution in [-0.2, 0) is 4.74 Å². The van der Waals surface area contributed by atoms with Crippen LogP contribution in [0.15, 0.2) is 0 Å². The molecule has 1 N–H and O–H groups in total. The van der Waals surface area contributed by atoms with Gasteiger partial charge in [-0.1, -0.05) is 20.3 Å². The average molecular weight is 244 g/mol. The second-order valence-electron chi connectivity index (χ2n) is 5.44. The molecular formula is C14H32N2O. The molecule has 0 aromatic carbocycles. The van der Waals surface area contributed by atoms with E-state index in [0.29, 0.717) is 6.04 Å². The molecule has 3 nitrogen and oxygen atoms in total. The Hall–Kier alpha value is -0.120. The molecule has 0 spiro atoms. The molecule has 0 amide bonds. The highest BCUT2D eigenvalue weighted by atomic mass is 16.5. The number of ether oxygens (including phenoxy) is 1. The van der Waals surface area contributed by atoms with Crippen molar-refractivity contribution >= 4 is 0 Å². The van der Waals surface area contributed by atoms with E-state index in [9.17, 15) is 0 Å². The molecule has 1 atom stereocenters. The van der Waals surface area contributed by atoms with E-state index >= 15 is 0 Å². The number of unbranched alkanes of at least 4 members (excludes halogenated alkanes) is 2. The fraction of sp³-hybridized carbons (Fsp3) is 1.00. The highest BCUT2D eigenvalue weighted by Crippen LogP contribution is 2.01. The standard InChI is InChI=1S/C14H32N2O/c1-13(2)11-15-9-7-6-8-10-16(4)14(3)12-17-5/h13-15H,6-12H2,1-5H3. The first kappa shape index (κ1) is 16.9. The Kier molecular flexibility index (Phi) is 10.9. The van der Waals surface area contributed by atoms with Gasteiger partial charge in [-0.2, -0.15) is 0 Å². The van der Waals surface area contributed by atoms with E-state index in [2.05, 4.69) is 38.0 Å². The molecule has 1 unspecified atom stereocenters. The van der Waals surface area contributed by atoms with E-state index in [1.807, 2.05) is 0 Å². The Morgan fingerprint density at radius 3 is 2.41 bits per heavy atom. The van der Waals surface area contributed by atoms with Crippen molar-refractivity contribution in [2.45, 2.75) is 46.1 Å². The second-order valence-corrected chi connectivity index (χ2v) is 5.44. The summed E-state index contributed by atoms with van der Waals surface area (Å²) in [6.45, 7) is 11.0. The lowest BCUT2D eigenvalue weighted by Crippen LogP contribution is -2.33. The third-order valence-electron chi connectivity index (χ3n) is 3.08. The van der Waals surface area contributed by atoms with E-state index in [4.69, 9.17) is 4.74 Å². The highest BCUT2D eigenvalue weighted by Gasteiger charge is 2.07. The van der Waals surface area contributed by atoms with Gasteiger partial charge in [0.1, 0.15) is 0 Å². The van der Waals surface area contributed by atoms with Gasteiger partial charge in [0.25, 0.3) is 0 Å². The van der Waals surface area contributed by atoms with Gasteiger partial charge in [0.15, 0.2) is 0 Å². The Morgan fingerprint density at radius 2 is 1.82 bits per heavy atom. The van der Waals surface area contributed by atoms with Gasteiger partial charge >= 0.3 is 0 Å². The molecule has 0 aliphatic heterocycles. The van der Waals surface area contributed by atoms with Crippen LogP contribution in [0.1, 0.15) is 40.0 Å². The molecule has 0 aromatic rings. The van der Waals surface area contributed by atoms with Crippen LogP contribution in [0.4, 0.5) is 0 Å². The molecule has 0 aliphatic rings. The summed E-state index contributed by atoms with van der Waals surface area (Å²) in [5.41, 5.74) is 0. The summed E-state index contributed by atoms with van der Waals surface area (Å²) < 4.78 is 5.15. The number of nitrogens with zero attached hydrogens (tertiary/aromatic N) is 1. The number of nitrogens with one attached hydrogen (secondary N) is 1. The smallest absolute Gasteiger partial charge is 0.0615 e. The number of likely N-dealkylation sites (N-methyl/N-ethyl adjacent to an activating group) is 1. The molecule has 0 aromatic heterocycles. The van der Waals surface area contributed by atoms with Gasteiger partial charge < -0.3 is 15.0 Å². The van der Waals surface area contributed by atoms with Gasteiger partial charge in [0.2, 0.25) is 0 Å². The first-order valence-electron chi connectivity index (χ1n) is 6.97. The maximum absolute atomic E-state index is 5.15. The largest absolute Gasteiger partial charge is 0.383 e. The summed E-state index contributed by atoms with van der Waals surface area (Å²) in [5.74, 6) is 0.760. The Labute approximate surface area is 108 Å². The van der Waals surface area contributed by atoms with E-state index in [0.717, 1.165) is 25.6 Å². The summed E-state index contributed by atoms with van der Waals surface area (Å²) in [4.78, 5) is 2.38. The Bertz CT molecular complexity index is 162. The molecule has 0 saturated carbocycles. The lowest BCUT2D eigenvalue weighted by Gasteiger charge is -2.23. The molecule has 0 bridgehead atoms. The van der Waals surface area contributed by atoms with Crippen LogP contribution < -0.4 is 5.32 Å². The third kappa shape index (κ3) is 10.7. The zero-order valence-electron chi connectivity index (χ0n) is 12.5. The van der Waals surface area contributed by atoms with Crippen molar-refractivity contribution in [3.63, 3.8) is 0 Å². The van der Waals surface area contributed by atoms with Crippen LogP contribution in [0.5, 0.6) is 0 Å². The van der Waals surface area contributed by atoms with E-state index in [1.165, 1.54) is 25.8 Å². The van der Waals surface area contributed by atoms with E-state index < -0.39 is 0 Å². The predicted molar refractivity (Wildman–Crippen MR) is 75.5 cm³/mol. The van der Waals surface area contributed by atoms with Crippen molar-refractivity contribution in [1.82, 2.24) is 10.2 Å². The number of methoxy groups -OCH3 is 1. The monoisotopic (exact) mass is 244 g/mol. The zero-order chi connectivity index (χ0) is 13.1. The summed E-state index contributed by atoms with van der Waals surface area (Å²) >= 11 is 0. The zero-order valence-corrected chi connectivity index (χ0v) is 12.5. The minimum Gasteiger partial charge on any atom is -0.383 e. The minimum absolute atomic E-state index is 0.527. The van der Waals surface area contributed by atoms with Gasteiger partial charge in [0, 0.05) is 13.2 Å². The van der Waals surface area contributed by atoms with Crippen molar-refractivity contribution in [3.8, 4) is 0 Å². The third-order valence-corrected chi connectivity index (χ3v) is 3.08. The van der Waals surface area contributed by atoms with Crippen LogP contribution in [0.3, 0.4) is 0 Å². The number of hydrogen-bond donors (Lipinski definition) is 1. The van der Waals surface area contributed by atoms with E-state index in [1.54, 1.807) is 7.11 Å². The molecule has 0 radical (unpaired) electrons. The maximum Gasteiger partial charge on any atom is 0.0615 e. The lowest BCUT2D eigenvalue weighted by atomic mass is 10.2. The summed E-state index contributed by atoms with van der Waals surface area (Å²) in [7, 11) is 3.95. The lowest BCUT2D eigenvalue weighted by molar-refractivity contribution is 0.114. The molecule has 3 heteroatoms. The van der Waals surface area contributed by atoms with E-state index in [-0.39, 0.29) is 0 Å². The van der Waals surface area contributed by atoms with Crippen LogP contribution >= 0.6 is 0 Å². The van der Waals surface area contributed by atoms with Crippen molar-refractivity contribution in [1.29, 1.82) is 0 Å². The van der Waals surface area contributed by atoms with Gasteiger partial charge in [-0.05, 0) is 52.4 Å². The number of hydrogen-bond acceptors (Lipinski definition) is 3. The predicted octanol–water partition coefficient (Wildman–Crippen LogP) is 2.37. The Balaban J connectivity index is 3.27. The fourth-order valence-corrected chi connectivity index (χ4v) is 1.77. The molecule has 0 fully saturated rings. The van der Waals surface area contributed by atoms with Crippen molar-refractivity contribution in [2.24, 2.45) is 5.92 Å². The van der Waals surface area contributed by atoms with Crippen LogP contribution in [0, 0.1) is 5.92 Å². The molecule has 0 saturated heterocycles. The highest BCUT2D eigenvalue weighted by molar-refractivity contribution is 4.62. The molecular weight excluding hydrogens is 212 g/mol. The first-order chi connectivity index (χ1) is 8.07. The SMILES string of the molecule is COCC(C)N(C)CCCCCNCC(C)C. The summed E-state index contributed by atoms with van der Waals surface area (Å²) in [6.07, 6.45) is 3.89. The van der Waals surface area contributed by atoms with Gasteiger partial charge in [0.05, 0.1) is 6.61 Å². The average Bonchev–Trinajstić information content (AvgIpc) is 2.27. The number of rotatable bonds is 11. The summed E-state index contributed by atoms with van der Waals surface area (Å²) in [5, 5.41) is 3.48. The van der Waals surface area contributed by atoms with Crippen LogP contribution in [0.2, 0.25) is 0 Å². The van der Waals surface area contributed by atoms with Crippen LogP contribution in [0.25, 0.3) is 0 Å². The van der Waals surface area contributed by atoms with Crippen molar-refractivity contribution in [3.05, 3.63) is 0 Å². The Morgan fingerprint density at radius 1 is 1.12 bits per heavy atom. The fourth-order valence-electron chi connectivity index (χ4n) is 1.77. The second kappa shape index (κ2) is 11.0. The van der Waals surface area contributed by atoms with Crippen molar-refractivity contribution in [2.75, 3.05) is 40.4 Å². The van der Waals surface area contributed by atoms with Gasteiger partial charge in [-0.25, -0.2) is 0 Å². The molecule has 0 rings (SSSR count). The molecule has 17 heavy (non-hydrogen) atoms. The molecule has 0 aliphatic carbocycles. The molecule has 0 heterocycles. The first-order valence-corrected chi connectivity index (χ1v) is 6.97. The maximum atomic E-state index is 5.15. The van der Waals surface area contributed by atoms with Gasteiger partial charge in [-0.3, -0.25) is 0 Å². The minimum atomic E-state index is 0.527. The quantitative estimate of drug-likeness (QED) is 0.565. The normalized spacial score (nSPS) is 13.6. The molecule has 104 valence electrons. The topological polar surface area (TPSA) is 24.5 Å². The summed E-state index contributed by atoms with van der Waals surface area (Å²) in [6, 6.07) is 0.527.